The van der Waals surface area contributed by atoms with Crippen LogP contribution in [0.15, 0.2) is 5.38 Å². The summed E-state index contributed by atoms with van der Waals surface area (Å²) in [6, 6.07) is 0. The summed E-state index contributed by atoms with van der Waals surface area (Å²) >= 11 is 1.45. The number of hydrogen-bond acceptors (Lipinski definition) is 4. The van der Waals surface area contributed by atoms with E-state index in [1.54, 1.807) is 6.92 Å². The molecule has 1 aromatic rings. The molecule has 23 heavy (non-hydrogen) atoms. The summed E-state index contributed by atoms with van der Waals surface area (Å²) in [5, 5.41) is 5.62. The Hall–Kier alpha value is -1.40. The van der Waals surface area contributed by atoms with Crippen molar-refractivity contribution in [2.24, 2.45) is 0 Å². The lowest BCUT2D eigenvalue weighted by Gasteiger charge is -2.22. The van der Waals surface area contributed by atoms with Crippen molar-refractivity contribution in [3.63, 3.8) is 0 Å². The number of anilines is 1. The van der Waals surface area contributed by atoms with E-state index in [9.17, 15) is 9.59 Å². The van der Waals surface area contributed by atoms with Crippen LogP contribution in [0.2, 0.25) is 0 Å². The van der Waals surface area contributed by atoms with Gasteiger partial charge in [0, 0.05) is 0 Å². The molecule has 0 aromatic carbocycles. The average molecular weight is 337 g/mol. The molecule has 2 N–H and O–H groups in total. The van der Waals surface area contributed by atoms with Crippen LogP contribution in [0.1, 0.15) is 60.9 Å². The molecule has 0 unspecified atom stereocenters. The van der Waals surface area contributed by atoms with Gasteiger partial charge in [-0.05, 0) is 55.9 Å². The Morgan fingerprint density at radius 2 is 2.04 bits per heavy atom. The van der Waals surface area contributed by atoms with Crippen LogP contribution < -0.4 is 10.2 Å². The number of hydrogen-bond donors (Lipinski definition) is 2. The van der Waals surface area contributed by atoms with E-state index in [1.807, 2.05) is 5.38 Å². The van der Waals surface area contributed by atoms with Crippen molar-refractivity contribution in [3.8, 4) is 0 Å². The number of thiophene rings is 1. The van der Waals surface area contributed by atoms with Crippen LogP contribution in [-0.4, -0.2) is 38.1 Å². The third-order valence-corrected chi connectivity index (χ3v) is 5.45. The average Bonchev–Trinajstić information content (AvgIpc) is 3.30. The lowest BCUT2D eigenvalue weighted by atomic mass is 10.1. The Bertz CT molecular complexity index is 574. The minimum atomic E-state index is -0.309. The van der Waals surface area contributed by atoms with Crippen molar-refractivity contribution >= 4 is 28.2 Å². The number of quaternary nitrogens is 1. The van der Waals surface area contributed by atoms with Gasteiger partial charge in [0.1, 0.15) is 5.00 Å². The van der Waals surface area contributed by atoms with Crippen LogP contribution in [0.3, 0.4) is 0 Å². The second kappa shape index (κ2) is 7.45. The Morgan fingerprint density at radius 3 is 2.70 bits per heavy atom. The fraction of sp³-hybridized carbons (Fsp3) is 0.647. The maximum atomic E-state index is 12.3. The van der Waals surface area contributed by atoms with Crippen molar-refractivity contribution in [1.82, 2.24) is 0 Å². The minimum Gasteiger partial charge on any atom is -0.462 e. The third kappa shape index (κ3) is 4.12. The highest BCUT2D eigenvalue weighted by molar-refractivity contribution is 7.15. The van der Waals surface area contributed by atoms with Crippen LogP contribution in [0.5, 0.6) is 0 Å². The molecule has 5 nitrogen and oxygen atoms in total. The molecule has 3 rings (SSSR count). The van der Waals surface area contributed by atoms with E-state index in [0.717, 1.165) is 31.5 Å². The van der Waals surface area contributed by atoms with Gasteiger partial charge in [0.2, 0.25) is 0 Å². The van der Waals surface area contributed by atoms with Crippen LogP contribution in [0.4, 0.5) is 5.00 Å². The number of carbonyl (C=O) groups is 2. The van der Waals surface area contributed by atoms with Crippen LogP contribution in [0.25, 0.3) is 0 Å². The summed E-state index contributed by atoms with van der Waals surface area (Å²) < 4.78 is 5.19. The topological polar surface area (TPSA) is 59.8 Å². The highest BCUT2D eigenvalue weighted by atomic mass is 32.1. The first-order chi connectivity index (χ1) is 11.2. The maximum Gasteiger partial charge on any atom is 0.341 e. The fourth-order valence-corrected chi connectivity index (χ4v) is 4.25. The number of rotatable bonds is 6. The molecule has 2 fully saturated rings. The van der Waals surface area contributed by atoms with Gasteiger partial charge in [-0.15, -0.1) is 11.3 Å². The molecule has 1 aromatic heterocycles. The molecule has 2 aliphatic rings. The summed E-state index contributed by atoms with van der Waals surface area (Å²) in [5.41, 5.74) is 1.63. The van der Waals surface area contributed by atoms with Gasteiger partial charge >= 0.3 is 5.97 Å². The summed E-state index contributed by atoms with van der Waals surface area (Å²) in [6.45, 7) is 4.77. The highest BCUT2D eigenvalue weighted by Crippen LogP contribution is 2.46. The molecule has 1 aliphatic heterocycles. The molecular weight excluding hydrogens is 312 g/mol. The molecule has 1 saturated heterocycles. The van der Waals surface area contributed by atoms with Crippen molar-refractivity contribution in [2.45, 2.75) is 44.9 Å². The Morgan fingerprint density at radius 1 is 1.30 bits per heavy atom. The summed E-state index contributed by atoms with van der Waals surface area (Å²) in [5.74, 6) is 0.150. The van der Waals surface area contributed by atoms with E-state index in [1.165, 1.54) is 35.5 Å². The molecule has 2 heterocycles. The van der Waals surface area contributed by atoms with Crippen LogP contribution in [0, 0.1) is 0 Å². The van der Waals surface area contributed by atoms with E-state index in [-0.39, 0.29) is 11.9 Å². The molecule has 1 aliphatic carbocycles. The van der Waals surface area contributed by atoms with E-state index in [2.05, 4.69) is 5.32 Å². The van der Waals surface area contributed by atoms with Gasteiger partial charge in [0.25, 0.3) is 5.91 Å². The normalized spacial score (nSPS) is 18.7. The molecule has 0 spiro atoms. The SMILES string of the molecule is CCOC(=O)c1c(C2CC2)csc1NC(=O)C[NH+]1CCCCC1. The van der Waals surface area contributed by atoms with E-state index in [0.29, 0.717) is 29.6 Å². The fourth-order valence-electron chi connectivity index (χ4n) is 3.20. The lowest BCUT2D eigenvalue weighted by molar-refractivity contribution is -0.896. The Balaban J connectivity index is 1.68. The second-order valence-corrected chi connectivity index (χ2v) is 7.31. The zero-order valence-corrected chi connectivity index (χ0v) is 14.5. The number of esters is 1. The number of amides is 1. The molecule has 0 radical (unpaired) electrons. The molecule has 6 heteroatoms. The van der Waals surface area contributed by atoms with Gasteiger partial charge in [-0.3, -0.25) is 4.79 Å². The van der Waals surface area contributed by atoms with Crippen molar-refractivity contribution in [2.75, 3.05) is 31.6 Å². The smallest absolute Gasteiger partial charge is 0.341 e. The van der Waals surface area contributed by atoms with Gasteiger partial charge in [-0.25, -0.2) is 4.79 Å². The predicted octanol–water partition coefficient (Wildman–Crippen LogP) is 1.81. The van der Waals surface area contributed by atoms with E-state index < -0.39 is 0 Å². The number of piperidine rings is 1. The van der Waals surface area contributed by atoms with Crippen LogP contribution >= 0.6 is 11.3 Å². The molecular formula is C17H25N2O3S+. The quantitative estimate of drug-likeness (QED) is 0.779. The molecule has 0 bridgehead atoms. The third-order valence-electron chi connectivity index (χ3n) is 4.54. The van der Waals surface area contributed by atoms with Crippen molar-refractivity contribution in [3.05, 3.63) is 16.5 Å². The number of ether oxygens (including phenoxy) is 1. The number of carbonyl (C=O) groups excluding carboxylic acids is 2. The van der Waals surface area contributed by atoms with E-state index >= 15 is 0 Å². The zero-order chi connectivity index (χ0) is 16.2. The maximum absolute atomic E-state index is 12.3. The first-order valence-corrected chi connectivity index (χ1v) is 9.49. The van der Waals surface area contributed by atoms with Crippen molar-refractivity contribution < 1.29 is 19.2 Å². The number of nitrogens with one attached hydrogen (secondary N) is 2. The second-order valence-electron chi connectivity index (χ2n) is 6.43. The first-order valence-electron chi connectivity index (χ1n) is 8.61. The minimum absolute atomic E-state index is 0.00311. The van der Waals surface area contributed by atoms with Gasteiger partial charge in [0.15, 0.2) is 6.54 Å². The first kappa shape index (κ1) is 16.5. The van der Waals surface area contributed by atoms with Gasteiger partial charge in [-0.2, -0.15) is 0 Å². The van der Waals surface area contributed by atoms with Crippen LogP contribution in [-0.2, 0) is 9.53 Å². The van der Waals surface area contributed by atoms with Gasteiger partial charge < -0.3 is 15.0 Å². The molecule has 1 amide bonds. The van der Waals surface area contributed by atoms with Crippen molar-refractivity contribution in [1.29, 1.82) is 0 Å². The Labute approximate surface area is 141 Å². The standard InChI is InChI=1S/C17H24N2O3S/c1-2-22-17(21)15-13(12-6-7-12)11-23-16(15)18-14(20)10-19-8-4-3-5-9-19/h11-12H,2-10H2,1H3,(H,18,20)/p+1. The summed E-state index contributed by atoms with van der Waals surface area (Å²) in [7, 11) is 0. The highest BCUT2D eigenvalue weighted by Gasteiger charge is 2.32. The number of likely N-dealkylation sites (tertiary alicyclic amines) is 1. The predicted molar refractivity (Wildman–Crippen MR) is 90.3 cm³/mol. The van der Waals surface area contributed by atoms with Gasteiger partial charge in [0.05, 0.1) is 25.3 Å². The van der Waals surface area contributed by atoms with E-state index in [4.69, 9.17) is 4.74 Å². The lowest BCUT2D eigenvalue weighted by Crippen LogP contribution is -3.13. The zero-order valence-electron chi connectivity index (χ0n) is 13.7. The molecule has 0 atom stereocenters. The Kier molecular flexibility index (Phi) is 5.33. The van der Waals surface area contributed by atoms with Gasteiger partial charge in [-0.1, -0.05) is 0 Å². The molecule has 126 valence electrons. The molecule has 1 saturated carbocycles. The summed E-state index contributed by atoms with van der Waals surface area (Å²) in [6.07, 6.45) is 5.90. The monoisotopic (exact) mass is 337 g/mol. The largest absolute Gasteiger partial charge is 0.462 e. The summed E-state index contributed by atoms with van der Waals surface area (Å²) in [4.78, 5) is 25.9.